The highest BCUT2D eigenvalue weighted by atomic mass is 127. The third-order valence-corrected chi connectivity index (χ3v) is 11.2. The van der Waals surface area contributed by atoms with E-state index in [1.807, 2.05) is 14.2 Å². The highest BCUT2D eigenvalue weighted by Gasteiger charge is 2.11. The van der Waals surface area contributed by atoms with E-state index in [1.54, 1.807) is 0 Å². The summed E-state index contributed by atoms with van der Waals surface area (Å²) in [6.45, 7) is 0. The van der Waals surface area contributed by atoms with Gasteiger partial charge in [-0.1, -0.05) is 47.5 Å². The van der Waals surface area contributed by atoms with Gasteiger partial charge in [0.15, 0.2) is 0.848 Å². The Balaban J connectivity index is 3.08. The second-order valence-corrected chi connectivity index (χ2v) is 11.1. The minimum absolute atomic E-state index is 0.396. The van der Waals surface area contributed by atoms with Crippen molar-refractivity contribution in [3.63, 3.8) is 0 Å². The van der Waals surface area contributed by atoms with Gasteiger partial charge < -0.3 is 0 Å². The third kappa shape index (κ3) is 2.47. The molecule has 3 nitrogen and oxygen atoms in total. The molecule has 0 aliphatic carbocycles. The molecule has 0 saturated heterocycles. The minimum atomic E-state index is -3.79. The van der Waals surface area contributed by atoms with Crippen LogP contribution in [0.5, 0.6) is 0 Å². The molecule has 58 valence electrons. The summed E-state index contributed by atoms with van der Waals surface area (Å²) >= 11 is -1.05. The van der Waals surface area contributed by atoms with Crippen LogP contribution >= 0.6 is 41.5 Å². The van der Waals surface area contributed by atoms with Crippen LogP contribution in [0, 0.1) is 0 Å². The molecule has 1 aliphatic rings. The van der Waals surface area contributed by atoms with Crippen molar-refractivity contribution < 1.29 is 13.0 Å². The van der Waals surface area contributed by atoms with E-state index in [-0.39, 0.29) is 0 Å². The zero-order valence-electron chi connectivity index (χ0n) is 4.66. The Kier molecular flexibility index (Phi) is 3.13. The first-order chi connectivity index (χ1) is 4.61. The fourth-order valence-corrected chi connectivity index (χ4v) is 8.24. The van der Waals surface area contributed by atoms with E-state index in [1.165, 1.54) is 0 Å². The van der Waals surface area contributed by atoms with E-state index in [9.17, 15) is 8.42 Å². The van der Waals surface area contributed by atoms with Crippen LogP contribution in [0.3, 0.4) is 0 Å². The zero-order valence-corrected chi connectivity index (χ0v) is 9.79. The van der Waals surface area contributed by atoms with Crippen molar-refractivity contribution >= 4 is 56.4 Å². The van der Waals surface area contributed by atoms with Gasteiger partial charge >= 0.3 is 10.1 Å². The number of hydrogen-bond donors (Lipinski definition) is 1. The number of rotatable bonds is 1. The number of hydrogen-bond acceptors (Lipinski definition) is 2. The average Bonchev–Trinajstić information content (AvgIpc) is 1.88. The first-order valence-electron chi connectivity index (χ1n) is 2.20. The standard InChI is InChI=1S/C4H4I2O3S/c7-10(8,9)4-5-2-1-3-6-4/h1-3H,(H,7,8,9). The number of halogens is 2. The van der Waals surface area contributed by atoms with Gasteiger partial charge in [-0.2, -0.15) is 8.42 Å². The molecule has 1 heterocycles. The Bertz CT molecular complexity index is 311. The predicted octanol–water partition coefficient (Wildman–Crippen LogP) is 1.23. The van der Waals surface area contributed by atoms with Crippen molar-refractivity contribution in [2.75, 3.05) is 0 Å². The highest BCUT2D eigenvalue weighted by molar-refractivity contribution is 14.3. The van der Waals surface area contributed by atoms with Gasteiger partial charge in [-0.3, -0.25) is 4.55 Å². The zero-order chi connectivity index (χ0) is 7.61. The normalized spacial score (nSPS) is 18.7. The monoisotopic (exact) mass is 386 g/mol. The highest BCUT2D eigenvalue weighted by Crippen LogP contribution is 2.20. The summed E-state index contributed by atoms with van der Waals surface area (Å²) in [7, 11) is -3.79. The Labute approximate surface area is 78.8 Å². The molecule has 0 fully saturated rings. The van der Waals surface area contributed by atoms with Crippen molar-refractivity contribution in [3.05, 3.63) is 10.2 Å². The summed E-state index contributed by atoms with van der Waals surface area (Å²) in [5.74, 6) is 0. The molecule has 0 amide bonds. The van der Waals surface area contributed by atoms with Crippen molar-refractivity contribution in [2.24, 2.45) is 0 Å². The Morgan fingerprint density at radius 1 is 1.50 bits per heavy atom. The second kappa shape index (κ2) is 3.50. The molecule has 0 atom stereocenters. The largest absolute Gasteiger partial charge is 0.305 e. The van der Waals surface area contributed by atoms with Crippen molar-refractivity contribution in [1.82, 2.24) is 0 Å². The smallest absolute Gasteiger partial charge is 0.281 e. The van der Waals surface area contributed by atoms with Gasteiger partial charge in [0.1, 0.15) is 0 Å². The molecule has 0 aromatic rings. The summed E-state index contributed by atoms with van der Waals surface area (Å²) in [6.07, 6.45) is 1.88. The fourth-order valence-electron chi connectivity index (χ4n) is 0.336. The summed E-state index contributed by atoms with van der Waals surface area (Å²) < 4.78 is 33.7. The molecule has 0 aromatic carbocycles. The molecule has 0 bridgehead atoms. The van der Waals surface area contributed by atoms with Gasteiger partial charge in [0.2, 0.25) is 0 Å². The first kappa shape index (κ1) is 8.94. The maximum absolute atomic E-state index is 10.5. The molecule has 0 aromatic heterocycles. The summed E-state index contributed by atoms with van der Waals surface area (Å²) in [5, 5.41) is 0. The molecule has 0 saturated carbocycles. The lowest BCUT2D eigenvalue weighted by molar-refractivity contribution is 0.500. The average molecular weight is 386 g/mol. The topological polar surface area (TPSA) is 54.4 Å². The molecule has 1 aliphatic heterocycles. The Morgan fingerprint density at radius 3 is 2.50 bits per heavy atom. The second-order valence-electron chi connectivity index (χ2n) is 1.36. The van der Waals surface area contributed by atoms with Crippen LogP contribution in [-0.2, 0) is 10.1 Å². The molecule has 0 radical (unpaired) electrons. The molecule has 0 spiro atoms. The fraction of sp³-hybridized carbons (Fsp3) is 0. The van der Waals surface area contributed by atoms with Crippen LogP contribution in [-0.4, -0.2) is 17.8 Å². The van der Waals surface area contributed by atoms with E-state index < -0.39 is 51.6 Å². The van der Waals surface area contributed by atoms with E-state index in [0.29, 0.717) is 0.848 Å². The maximum atomic E-state index is 10.5. The van der Waals surface area contributed by atoms with Gasteiger partial charge in [0, 0.05) is 0 Å². The van der Waals surface area contributed by atoms with E-state index in [4.69, 9.17) is 4.55 Å². The van der Waals surface area contributed by atoms with E-state index in [2.05, 4.69) is 0 Å². The van der Waals surface area contributed by atoms with Gasteiger partial charge in [0.25, 0.3) is 0 Å². The lowest BCUT2D eigenvalue weighted by Crippen LogP contribution is -2.04. The van der Waals surface area contributed by atoms with Crippen molar-refractivity contribution in [3.8, 4) is 0 Å². The van der Waals surface area contributed by atoms with Crippen LogP contribution in [0.2, 0.25) is 0 Å². The Morgan fingerprint density at radius 2 is 2.20 bits per heavy atom. The molecule has 1 rings (SSSR count). The third-order valence-electron chi connectivity index (χ3n) is 0.638. The van der Waals surface area contributed by atoms with Crippen LogP contribution in [0.15, 0.2) is 10.2 Å². The van der Waals surface area contributed by atoms with Crippen LogP contribution < -0.4 is 0 Å². The molecule has 0 unspecified atom stereocenters. The van der Waals surface area contributed by atoms with Crippen molar-refractivity contribution in [1.29, 1.82) is 0 Å². The van der Waals surface area contributed by atoms with E-state index in [0.717, 1.165) is 0 Å². The summed E-state index contributed by atoms with van der Waals surface area (Å²) in [4.78, 5) is 0. The van der Waals surface area contributed by atoms with Crippen LogP contribution in [0.25, 0.3) is 0 Å². The van der Waals surface area contributed by atoms with Gasteiger partial charge in [0.05, 0.1) is 0 Å². The molecule has 1 N–H and O–H groups in total. The SMILES string of the molecule is O=S(=O)(O)C1=IC=CC=I1. The number of allylic oxidation sites excluding steroid dienone is 1. The van der Waals surface area contributed by atoms with Gasteiger partial charge in [-0.25, -0.2) is 0 Å². The van der Waals surface area contributed by atoms with Gasteiger partial charge in [-0.05, 0) is 8.09 Å². The summed E-state index contributed by atoms with van der Waals surface area (Å²) in [6, 6.07) is 0. The van der Waals surface area contributed by atoms with Crippen molar-refractivity contribution in [2.45, 2.75) is 0 Å². The summed E-state index contributed by atoms with van der Waals surface area (Å²) in [5.41, 5.74) is 0. The molecule has 6 heteroatoms. The quantitative estimate of drug-likeness (QED) is 0.545. The lowest BCUT2D eigenvalue weighted by Gasteiger charge is -1.94. The minimum Gasteiger partial charge on any atom is -0.281 e. The Hall–Kier alpha value is 0.850. The van der Waals surface area contributed by atoms with Crippen LogP contribution in [0.1, 0.15) is 0 Å². The molecule has 10 heavy (non-hydrogen) atoms. The lowest BCUT2D eigenvalue weighted by atomic mass is 10.8. The molecular formula is C4H4I2O3S. The predicted molar refractivity (Wildman–Crippen MR) is 59.8 cm³/mol. The van der Waals surface area contributed by atoms with Crippen LogP contribution in [0.4, 0.5) is 0 Å². The van der Waals surface area contributed by atoms with Gasteiger partial charge in [-0.15, -0.1) is 0 Å². The maximum Gasteiger partial charge on any atom is 0.305 e. The first-order valence-corrected chi connectivity index (χ1v) is 8.29. The molecular weight excluding hydrogens is 382 g/mol. The van der Waals surface area contributed by atoms with E-state index >= 15 is 0 Å².